The summed E-state index contributed by atoms with van der Waals surface area (Å²) in [5.74, 6) is -1.81. The normalized spacial score (nSPS) is 24.5. The minimum absolute atomic E-state index is 0.0298. The molecule has 0 aliphatic carbocycles. The van der Waals surface area contributed by atoms with E-state index in [0.29, 0.717) is 0 Å². The number of halogens is 2. The topological polar surface area (TPSA) is 110 Å². The van der Waals surface area contributed by atoms with Crippen molar-refractivity contribution in [2.45, 2.75) is 36.3 Å². The number of hydrogen-bond acceptors (Lipinski definition) is 6. The standard InChI is InChI=1S/C22H22F2N4O3S/c1-13-22(12-29,28-20(25)21(2,3)32(13,30)31)16-9-14(5-7-17(16)23)10-18(24)19-8-6-15(26-4)11-27-19/h5-11,13,29H,12H2,1-3H3,(H2,25,28)/b18-10-/t13-,22+/m1/s1. The molecule has 0 bridgehead atoms. The maximum absolute atomic E-state index is 14.9. The third kappa shape index (κ3) is 3.57. The van der Waals surface area contributed by atoms with Crippen molar-refractivity contribution in [2.24, 2.45) is 10.7 Å². The smallest absolute Gasteiger partial charge is 0.205 e. The van der Waals surface area contributed by atoms with Gasteiger partial charge in [-0.1, -0.05) is 12.1 Å². The van der Waals surface area contributed by atoms with E-state index < -0.39 is 43.6 Å². The molecule has 0 saturated heterocycles. The Labute approximate surface area is 185 Å². The number of aromatic nitrogens is 1. The molecule has 10 heteroatoms. The SMILES string of the molecule is [C-]#[N+]c1ccc(/C(F)=C/c2ccc(F)c([C@@]3(CO)N=C(N)C(C)(C)S(=O)(=O)[C@@H]3C)c2)nc1. The predicted molar refractivity (Wildman–Crippen MR) is 119 cm³/mol. The number of rotatable bonds is 4. The Morgan fingerprint density at radius 2 is 2.03 bits per heavy atom. The van der Waals surface area contributed by atoms with Crippen molar-refractivity contribution in [3.63, 3.8) is 0 Å². The Morgan fingerprint density at radius 1 is 1.34 bits per heavy atom. The predicted octanol–water partition coefficient (Wildman–Crippen LogP) is 3.38. The van der Waals surface area contributed by atoms with Gasteiger partial charge in [-0.05, 0) is 50.6 Å². The molecule has 0 radical (unpaired) electrons. The van der Waals surface area contributed by atoms with E-state index in [2.05, 4.69) is 14.8 Å². The summed E-state index contributed by atoms with van der Waals surface area (Å²) >= 11 is 0. The van der Waals surface area contributed by atoms with Crippen LogP contribution < -0.4 is 5.73 Å². The first-order valence-corrected chi connectivity index (χ1v) is 11.2. The minimum Gasteiger partial charge on any atom is -0.393 e. The fourth-order valence-corrected chi connectivity index (χ4v) is 5.58. The van der Waals surface area contributed by atoms with E-state index in [1.165, 1.54) is 51.2 Å². The molecule has 3 rings (SSSR count). The van der Waals surface area contributed by atoms with Crippen molar-refractivity contribution in [2.75, 3.05) is 6.61 Å². The lowest BCUT2D eigenvalue weighted by molar-refractivity contribution is 0.188. The van der Waals surface area contributed by atoms with E-state index in [0.717, 1.165) is 12.1 Å². The van der Waals surface area contributed by atoms with Gasteiger partial charge in [-0.25, -0.2) is 22.0 Å². The van der Waals surface area contributed by atoms with Crippen LogP contribution in [0.3, 0.4) is 0 Å². The molecule has 3 N–H and O–H groups in total. The van der Waals surface area contributed by atoms with Gasteiger partial charge in [0.15, 0.2) is 9.84 Å². The summed E-state index contributed by atoms with van der Waals surface area (Å²) in [6.45, 7) is 10.2. The Kier molecular flexibility index (Phi) is 5.93. The van der Waals surface area contributed by atoms with Crippen LogP contribution in [0.2, 0.25) is 0 Å². The summed E-state index contributed by atoms with van der Waals surface area (Å²) < 4.78 is 54.3. The number of pyridine rings is 1. The van der Waals surface area contributed by atoms with Gasteiger partial charge < -0.3 is 10.8 Å². The fraction of sp³-hybridized carbons (Fsp3) is 0.318. The number of aliphatic hydroxyl groups excluding tert-OH is 1. The summed E-state index contributed by atoms with van der Waals surface area (Å²) in [6, 6.07) is 6.33. The van der Waals surface area contributed by atoms with Gasteiger partial charge in [-0.3, -0.25) is 9.98 Å². The van der Waals surface area contributed by atoms with Gasteiger partial charge in [0.1, 0.15) is 27.8 Å². The molecule has 2 aromatic rings. The van der Waals surface area contributed by atoms with Crippen LogP contribution >= 0.6 is 0 Å². The zero-order valence-corrected chi connectivity index (χ0v) is 18.5. The van der Waals surface area contributed by atoms with Crippen molar-refractivity contribution in [1.29, 1.82) is 0 Å². The lowest BCUT2D eigenvalue weighted by Gasteiger charge is -2.43. The average molecular weight is 461 g/mol. The number of amidine groups is 1. The molecule has 2 heterocycles. The van der Waals surface area contributed by atoms with Gasteiger partial charge in [0, 0.05) is 11.8 Å². The van der Waals surface area contributed by atoms with Crippen molar-refractivity contribution >= 4 is 33.3 Å². The maximum Gasteiger partial charge on any atom is 0.205 e. The highest BCUT2D eigenvalue weighted by molar-refractivity contribution is 7.94. The van der Waals surface area contributed by atoms with Crippen molar-refractivity contribution < 1.29 is 22.3 Å². The number of nitrogens with zero attached hydrogens (tertiary/aromatic N) is 3. The van der Waals surface area contributed by atoms with Gasteiger partial charge in [-0.2, -0.15) is 0 Å². The molecule has 0 unspecified atom stereocenters. The first-order chi connectivity index (χ1) is 14.9. The second kappa shape index (κ2) is 8.07. The molecular formula is C22H22F2N4O3S. The van der Waals surface area contributed by atoms with Crippen molar-refractivity contribution in [3.05, 3.63) is 70.6 Å². The highest BCUT2D eigenvalue weighted by atomic mass is 32.2. The number of nitrogens with two attached hydrogens (primary N) is 1. The Balaban J connectivity index is 2.15. The number of aliphatic hydroxyl groups is 1. The summed E-state index contributed by atoms with van der Waals surface area (Å²) in [5.41, 5.74) is 4.26. The summed E-state index contributed by atoms with van der Waals surface area (Å²) in [7, 11) is -3.97. The lowest BCUT2D eigenvalue weighted by atomic mass is 9.85. The van der Waals surface area contributed by atoms with E-state index in [1.54, 1.807) is 0 Å². The van der Waals surface area contributed by atoms with Crippen molar-refractivity contribution in [1.82, 2.24) is 4.98 Å². The first kappa shape index (κ1) is 23.5. The molecule has 0 spiro atoms. The largest absolute Gasteiger partial charge is 0.393 e. The molecule has 0 amide bonds. The van der Waals surface area contributed by atoms with Gasteiger partial charge in [-0.15, -0.1) is 0 Å². The van der Waals surface area contributed by atoms with Crippen LogP contribution in [-0.2, 0) is 15.4 Å². The molecular weight excluding hydrogens is 438 g/mol. The molecule has 1 aliphatic heterocycles. The minimum atomic E-state index is -3.97. The summed E-state index contributed by atoms with van der Waals surface area (Å²) in [6.07, 6.45) is 2.31. The van der Waals surface area contributed by atoms with Crippen LogP contribution in [0.4, 0.5) is 14.5 Å². The van der Waals surface area contributed by atoms with Crippen molar-refractivity contribution in [3.8, 4) is 0 Å². The average Bonchev–Trinajstić information content (AvgIpc) is 2.77. The zero-order chi connectivity index (χ0) is 23.9. The van der Waals surface area contributed by atoms with E-state index in [-0.39, 0.29) is 28.3 Å². The molecule has 1 aromatic heterocycles. The Morgan fingerprint density at radius 3 is 2.59 bits per heavy atom. The number of aliphatic imine (C=N–C) groups is 1. The molecule has 1 aliphatic rings. The van der Waals surface area contributed by atoms with Crippen LogP contribution in [0.1, 0.15) is 37.6 Å². The molecule has 7 nitrogen and oxygen atoms in total. The highest BCUT2D eigenvalue weighted by Gasteiger charge is 2.57. The first-order valence-electron chi connectivity index (χ1n) is 9.62. The van der Waals surface area contributed by atoms with E-state index in [9.17, 15) is 22.3 Å². The third-order valence-corrected chi connectivity index (χ3v) is 8.85. The monoisotopic (exact) mass is 460 g/mol. The fourth-order valence-electron chi connectivity index (χ4n) is 3.59. The second-order valence-corrected chi connectivity index (χ2v) is 10.8. The van der Waals surface area contributed by atoms with E-state index in [1.807, 2.05) is 0 Å². The van der Waals surface area contributed by atoms with E-state index >= 15 is 0 Å². The molecule has 0 fully saturated rings. The zero-order valence-electron chi connectivity index (χ0n) is 17.7. The molecule has 32 heavy (non-hydrogen) atoms. The molecule has 168 valence electrons. The highest BCUT2D eigenvalue weighted by Crippen LogP contribution is 2.43. The number of benzene rings is 1. The third-order valence-electron chi connectivity index (χ3n) is 5.90. The molecule has 0 saturated carbocycles. The molecule has 1 aromatic carbocycles. The van der Waals surface area contributed by atoms with Crippen LogP contribution in [0, 0.1) is 12.4 Å². The lowest BCUT2D eigenvalue weighted by Crippen LogP contribution is -2.61. The van der Waals surface area contributed by atoms with E-state index in [4.69, 9.17) is 12.3 Å². The van der Waals surface area contributed by atoms with Crippen LogP contribution in [0.5, 0.6) is 0 Å². The van der Waals surface area contributed by atoms with Crippen LogP contribution in [-0.4, -0.2) is 40.9 Å². The van der Waals surface area contributed by atoms with Gasteiger partial charge in [0.05, 0.1) is 24.1 Å². The quantitative estimate of drug-likeness (QED) is 0.680. The number of sulfone groups is 1. The summed E-state index contributed by atoms with van der Waals surface area (Å²) in [5, 5.41) is 8.89. The van der Waals surface area contributed by atoms with Gasteiger partial charge >= 0.3 is 0 Å². The second-order valence-electron chi connectivity index (χ2n) is 8.02. The maximum atomic E-state index is 14.9. The summed E-state index contributed by atoms with van der Waals surface area (Å²) in [4.78, 5) is 11.3. The van der Waals surface area contributed by atoms with Gasteiger partial charge in [0.25, 0.3) is 0 Å². The van der Waals surface area contributed by atoms with Crippen LogP contribution in [0.15, 0.2) is 41.5 Å². The molecule has 2 atom stereocenters. The Hall–Kier alpha value is -3.16. The van der Waals surface area contributed by atoms with Gasteiger partial charge in [0.2, 0.25) is 5.69 Å². The van der Waals surface area contributed by atoms with Crippen LogP contribution in [0.25, 0.3) is 16.7 Å². The number of hydrogen-bond donors (Lipinski definition) is 2. The Bertz CT molecular complexity index is 1270.